The lowest BCUT2D eigenvalue weighted by molar-refractivity contribution is -0.156. The molecule has 1 atom stereocenters. The van der Waals surface area contributed by atoms with Crippen molar-refractivity contribution in [3.63, 3.8) is 0 Å². The summed E-state index contributed by atoms with van der Waals surface area (Å²) in [5, 5.41) is 4.62. The van der Waals surface area contributed by atoms with Crippen LogP contribution < -0.4 is 15.4 Å². The molecule has 7 heteroatoms. The molecular weight excluding hydrogens is 336 g/mol. The fourth-order valence-electron chi connectivity index (χ4n) is 2.15. The zero-order valence-corrected chi connectivity index (χ0v) is 16.2. The van der Waals surface area contributed by atoms with Crippen LogP contribution in [0.1, 0.15) is 47.1 Å². The Morgan fingerprint density at radius 3 is 2.27 bits per heavy atom. The summed E-state index contributed by atoms with van der Waals surface area (Å²) in [6.45, 7) is 10.7. The van der Waals surface area contributed by atoms with Crippen molar-refractivity contribution in [1.29, 1.82) is 0 Å². The first-order valence-electron chi connectivity index (χ1n) is 8.54. The van der Waals surface area contributed by atoms with Crippen LogP contribution in [0.25, 0.3) is 0 Å². The average molecular weight is 364 g/mol. The van der Waals surface area contributed by atoms with E-state index < -0.39 is 24.0 Å². The molecule has 0 unspecified atom stereocenters. The quantitative estimate of drug-likeness (QED) is 0.757. The highest BCUT2D eigenvalue weighted by Crippen LogP contribution is 2.30. The van der Waals surface area contributed by atoms with Gasteiger partial charge in [-0.3, -0.25) is 10.1 Å². The molecule has 0 saturated heterocycles. The predicted molar refractivity (Wildman–Crippen MR) is 98.0 cm³/mol. The molecule has 0 heterocycles. The minimum absolute atomic E-state index is 0.114. The van der Waals surface area contributed by atoms with E-state index in [-0.39, 0.29) is 18.1 Å². The SMILES string of the molecule is CC(C)NC(=O)NC(=O)[C@@H](C)OC(=O)COc1ccccc1C(C)(C)C. The molecule has 0 fully saturated rings. The molecule has 0 aliphatic rings. The Hall–Kier alpha value is -2.57. The van der Waals surface area contributed by atoms with Gasteiger partial charge in [0, 0.05) is 6.04 Å². The number of para-hydroxylation sites is 1. The van der Waals surface area contributed by atoms with Crippen molar-refractivity contribution < 1.29 is 23.9 Å². The van der Waals surface area contributed by atoms with Crippen LogP contribution in [0.3, 0.4) is 0 Å². The second-order valence-electron chi connectivity index (χ2n) is 7.28. The van der Waals surface area contributed by atoms with Crippen molar-refractivity contribution in [3.8, 4) is 5.75 Å². The zero-order valence-electron chi connectivity index (χ0n) is 16.2. The number of benzene rings is 1. The predicted octanol–water partition coefficient (Wildman–Crippen LogP) is 2.53. The van der Waals surface area contributed by atoms with E-state index in [1.54, 1.807) is 19.9 Å². The van der Waals surface area contributed by atoms with Gasteiger partial charge in [-0.2, -0.15) is 0 Å². The number of nitrogens with one attached hydrogen (secondary N) is 2. The Bertz CT molecular complexity index is 650. The van der Waals surface area contributed by atoms with Gasteiger partial charge in [0.05, 0.1) is 0 Å². The normalized spacial score (nSPS) is 12.3. The second kappa shape index (κ2) is 9.22. The monoisotopic (exact) mass is 364 g/mol. The number of hydrogen-bond donors (Lipinski definition) is 2. The molecule has 0 radical (unpaired) electrons. The first-order valence-corrected chi connectivity index (χ1v) is 8.54. The van der Waals surface area contributed by atoms with Crippen molar-refractivity contribution in [2.45, 2.75) is 59.1 Å². The van der Waals surface area contributed by atoms with Crippen LogP contribution in [0.15, 0.2) is 24.3 Å². The number of rotatable bonds is 6. The standard InChI is InChI=1S/C19H28N2O5/c1-12(2)20-18(24)21-17(23)13(3)26-16(22)11-25-15-10-8-7-9-14(15)19(4,5)6/h7-10,12-13H,11H2,1-6H3,(H2,20,21,23,24)/t13-/m1/s1. The Morgan fingerprint density at radius 1 is 1.08 bits per heavy atom. The Kier molecular flexibility index (Phi) is 7.61. The maximum Gasteiger partial charge on any atom is 0.344 e. The summed E-state index contributed by atoms with van der Waals surface area (Å²) in [6, 6.07) is 6.68. The highest BCUT2D eigenvalue weighted by atomic mass is 16.6. The van der Waals surface area contributed by atoms with Gasteiger partial charge in [-0.1, -0.05) is 39.0 Å². The molecular formula is C19H28N2O5. The molecule has 144 valence electrons. The number of esters is 1. The van der Waals surface area contributed by atoms with Gasteiger partial charge in [0.1, 0.15) is 5.75 Å². The molecule has 2 N–H and O–H groups in total. The van der Waals surface area contributed by atoms with Crippen molar-refractivity contribution in [2.24, 2.45) is 0 Å². The molecule has 1 aromatic rings. The molecule has 0 aromatic heterocycles. The fraction of sp³-hybridized carbons (Fsp3) is 0.526. The molecule has 1 aromatic carbocycles. The summed E-state index contributed by atoms with van der Waals surface area (Å²) < 4.78 is 10.6. The summed E-state index contributed by atoms with van der Waals surface area (Å²) in [6.07, 6.45) is -1.11. The van der Waals surface area contributed by atoms with Crippen LogP contribution in [-0.4, -0.2) is 36.7 Å². The van der Waals surface area contributed by atoms with Gasteiger partial charge in [-0.15, -0.1) is 0 Å². The summed E-state index contributed by atoms with van der Waals surface area (Å²) in [5.41, 5.74) is 0.821. The van der Waals surface area contributed by atoms with Crippen LogP contribution >= 0.6 is 0 Å². The molecule has 0 bridgehead atoms. The highest BCUT2D eigenvalue weighted by Gasteiger charge is 2.22. The molecule has 0 spiro atoms. The van der Waals surface area contributed by atoms with E-state index >= 15 is 0 Å². The van der Waals surface area contributed by atoms with Crippen molar-refractivity contribution in [1.82, 2.24) is 10.6 Å². The minimum atomic E-state index is -1.11. The van der Waals surface area contributed by atoms with E-state index in [0.29, 0.717) is 5.75 Å². The van der Waals surface area contributed by atoms with E-state index in [4.69, 9.17) is 9.47 Å². The van der Waals surface area contributed by atoms with Crippen molar-refractivity contribution in [2.75, 3.05) is 6.61 Å². The third-order valence-corrected chi connectivity index (χ3v) is 3.37. The number of hydrogen-bond acceptors (Lipinski definition) is 5. The van der Waals surface area contributed by atoms with Gasteiger partial charge in [-0.25, -0.2) is 9.59 Å². The molecule has 0 saturated carbocycles. The molecule has 3 amide bonds. The van der Waals surface area contributed by atoms with Crippen molar-refractivity contribution >= 4 is 17.9 Å². The topological polar surface area (TPSA) is 93.7 Å². The van der Waals surface area contributed by atoms with Crippen LogP contribution in [-0.2, 0) is 19.7 Å². The lowest BCUT2D eigenvalue weighted by Gasteiger charge is -2.22. The largest absolute Gasteiger partial charge is 0.482 e. The van der Waals surface area contributed by atoms with Gasteiger partial charge < -0.3 is 14.8 Å². The van der Waals surface area contributed by atoms with E-state index in [1.807, 2.05) is 39.0 Å². The lowest BCUT2D eigenvalue weighted by Crippen LogP contribution is -2.46. The zero-order chi connectivity index (χ0) is 19.9. The van der Waals surface area contributed by atoms with E-state index in [9.17, 15) is 14.4 Å². The number of amides is 3. The molecule has 0 aliphatic heterocycles. The first-order chi connectivity index (χ1) is 12.0. The summed E-state index contributed by atoms with van der Waals surface area (Å²) in [5.74, 6) is -0.808. The van der Waals surface area contributed by atoms with Gasteiger partial charge in [-0.05, 0) is 37.8 Å². The van der Waals surface area contributed by atoms with Crippen LogP contribution in [0.5, 0.6) is 5.75 Å². The lowest BCUT2D eigenvalue weighted by atomic mass is 9.86. The molecule has 7 nitrogen and oxygen atoms in total. The average Bonchev–Trinajstić information content (AvgIpc) is 2.51. The number of imide groups is 1. The third-order valence-electron chi connectivity index (χ3n) is 3.37. The Morgan fingerprint density at radius 2 is 1.69 bits per heavy atom. The molecule has 1 rings (SSSR count). The van der Waals surface area contributed by atoms with E-state index in [1.165, 1.54) is 6.92 Å². The number of carbonyl (C=O) groups excluding carboxylic acids is 3. The fourth-order valence-corrected chi connectivity index (χ4v) is 2.15. The van der Waals surface area contributed by atoms with Gasteiger partial charge in [0.25, 0.3) is 5.91 Å². The maximum absolute atomic E-state index is 11.9. The summed E-state index contributed by atoms with van der Waals surface area (Å²) >= 11 is 0. The van der Waals surface area contributed by atoms with Crippen LogP contribution in [0.2, 0.25) is 0 Å². The van der Waals surface area contributed by atoms with Crippen molar-refractivity contribution in [3.05, 3.63) is 29.8 Å². The molecule has 0 aliphatic carbocycles. The first kappa shape index (κ1) is 21.5. The Balaban J connectivity index is 2.55. The highest BCUT2D eigenvalue weighted by molar-refractivity contribution is 5.97. The van der Waals surface area contributed by atoms with Gasteiger partial charge in [0.15, 0.2) is 12.7 Å². The maximum atomic E-state index is 11.9. The van der Waals surface area contributed by atoms with Crippen LogP contribution in [0, 0.1) is 0 Å². The third kappa shape index (κ3) is 7.13. The number of urea groups is 1. The second-order valence-corrected chi connectivity index (χ2v) is 7.28. The van der Waals surface area contributed by atoms with Crippen LogP contribution in [0.4, 0.5) is 4.79 Å². The summed E-state index contributed by atoms with van der Waals surface area (Å²) in [4.78, 5) is 35.3. The number of ether oxygens (including phenoxy) is 2. The molecule has 26 heavy (non-hydrogen) atoms. The smallest absolute Gasteiger partial charge is 0.344 e. The van der Waals surface area contributed by atoms with Gasteiger partial charge >= 0.3 is 12.0 Å². The Labute approximate surface area is 154 Å². The minimum Gasteiger partial charge on any atom is -0.482 e. The van der Waals surface area contributed by atoms with E-state index in [2.05, 4.69) is 10.6 Å². The van der Waals surface area contributed by atoms with E-state index in [0.717, 1.165) is 5.56 Å². The van der Waals surface area contributed by atoms with Gasteiger partial charge in [0.2, 0.25) is 0 Å². The number of carbonyl (C=O) groups is 3. The summed E-state index contributed by atoms with van der Waals surface area (Å²) in [7, 11) is 0.